The number of carbonyl (C=O) groups is 1. The summed E-state index contributed by atoms with van der Waals surface area (Å²) < 4.78 is 11.4. The quantitative estimate of drug-likeness (QED) is 0.774. The van der Waals surface area contributed by atoms with E-state index in [0.29, 0.717) is 18.7 Å². The molecule has 0 N–H and O–H groups in total. The highest BCUT2D eigenvalue weighted by molar-refractivity contribution is 5.97. The number of amides is 1. The van der Waals surface area contributed by atoms with Crippen LogP contribution >= 0.6 is 0 Å². The molecule has 3 rings (SSSR count). The lowest BCUT2D eigenvalue weighted by atomic mass is 10.1. The molecule has 0 bridgehead atoms. The van der Waals surface area contributed by atoms with Crippen molar-refractivity contribution in [3.05, 3.63) is 29.7 Å². The Labute approximate surface area is 143 Å². The lowest BCUT2D eigenvalue weighted by Crippen LogP contribution is -2.37. The van der Waals surface area contributed by atoms with Crippen LogP contribution in [0.25, 0.3) is 11.1 Å². The van der Waals surface area contributed by atoms with Gasteiger partial charge in [0.15, 0.2) is 11.5 Å². The predicted molar refractivity (Wildman–Crippen MR) is 93.2 cm³/mol. The molecule has 2 heterocycles. The van der Waals surface area contributed by atoms with Crippen molar-refractivity contribution in [3.63, 3.8) is 0 Å². The molecule has 1 atom stereocenters. The van der Waals surface area contributed by atoms with Crippen molar-refractivity contribution in [2.75, 3.05) is 19.7 Å². The molecule has 130 valence electrons. The smallest absolute Gasteiger partial charge is 0.254 e. The largest absolute Gasteiger partial charge is 0.441 e. The van der Waals surface area contributed by atoms with E-state index in [2.05, 4.69) is 11.9 Å². The third-order valence-electron chi connectivity index (χ3n) is 4.54. The Bertz CT molecular complexity index is 689. The Hall–Kier alpha value is -1.88. The summed E-state index contributed by atoms with van der Waals surface area (Å²) in [5.74, 6) is 0.788. The maximum absolute atomic E-state index is 12.8. The van der Waals surface area contributed by atoms with Gasteiger partial charge in [-0.15, -0.1) is 0 Å². The molecule has 1 aromatic heterocycles. The molecule has 1 fully saturated rings. The van der Waals surface area contributed by atoms with Crippen LogP contribution in [0.3, 0.4) is 0 Å². The van der Waals surface area contributed by atoms with E-state index in [0.717, 1.165) is 55.7 Å². The Morgan fingerprint density at radius 1 is 1.38 bits per heavy atom. The second kappa shape index (κ2) is 7.79. The topological polar surface area (TPSA) is 55.6 Å². The second-order valence-corrected chi connectivity index (χ2v) is 6.37. The number of nitrogens with zero attached hydrogens (tertiary/aromatic N) is 2. The molecule has 0 aliphatic carbocycles. The van der Waals surface area contributed by atoms with Gasteiger partial charge in [-0.25, -0.2) is 4.98 Å². The summed E-state index contributed by atoms with van der Waals surface area (Å²) in [5.41, 5.74) is 2.18. The zero-order chi connectivity index (χ0) is 16.9. The van der Waals surface area contributed by atoms with Gasteiger partial charge in [0.05, 0.1) is 6.10 Å². The first-order valence-corrected chi connectivity index (χ1v) is 9.01. The fourth-order valence-corrected chi connectivity index (χ4v) is 3.12. The van der Waals surface area contributed by atoms with Gasteiger partial charge >= 0.3 is 0 Å². The number of likely N-dealkylation sites (N-methyl/N-ethyl adjacent to an activating group) is 1. The van der Waals surface area contributed by atoms with Crippen LogP contribution < -0.4 is 0 Å². The van der Waals surface area contributed by atoms with E-state index in [1.807, 2.05) is 30.0 Å². The fourth-order valence-electron chi connectivity index (χ4n) is 3.12. The Morgan fingerprint density at radius 2 is 2.25 bits per heavy atom. The highest BCUT2D eigenvalue weighted by atomic mass is 16.5. The molecule has 0 unspecified atom stereocenters. The summed E-state index contributed by atoms with van der Waals surface area (Å²) >= 11 is 0. The molecule has 1 saturated heterocycles. The van der Waals surface area contributed by atoms with Crippen LogP contribution in [-0.4, -0.2) is 41.6 Å². The number of carbonyl (C=O) groups excluding carboxylic acids is 1. The van der Waals surface area contributed by atoms with Crippen molar-refractivity contribution in [1.82, 2.24) is 9.88 Å². The Kier molecular flexibility index (Phi) is 5.51. The van der Waals surface area contributed by atoms with Gasteiger partial charge in [-0.2, -0.15) is 0 Å². The molecule has 5 heteroatoms. The lowest BCUT2D eigenvalue weighted by Gasteiger charge is -2.24. The minimum Gasteiger partial charge on any atom is -0.441 e. The first kappa shape index (κ1) is 17.0. The van der Waals surface area contributed by atoms with Crippen molar-refractivity contribution >= 4 is 17.0 Å². The Morgan fingerprint density at radius 3 is 2.96 bits per heavy atom. The maximum atomic E-state index is 12.8. The number of fused-ring (bicyclic) bond motifs is 1. The fraction of sp³-hybridized carbons (Fsp3) is 0.579. The van der Waals surface area contributed by atoms with Crippen LogP contribution in [0.1, 0.15) is 55.8 Å². The third kappa shape index (κ3) is 3.78. The number of hydrogen-bond acceptors (Lipinski definition) is 4. The zero-order valence-corrected chi connectivity index (χ0v) is 14.6. The molecular weight excluding hydrogens is 304 g/mol. The number of hydrogen-bond donors (Lipinski definition) is 0. The van der Waals surface area contributed by atoms with E-state index < -0.39 is 0 Å². The van der Waals surface area contributed by atoms with E-state index in [1.54, 1.807) is 0 Å². The number of rotatable bonds is 7. The predicted octanol–water partition coefficient (Wildman–Crippen LogP) is 3.81. The summed E-state index contributed by atoms with van der Waals surface area (Å²) in [6.45, 7) is 6.30. The molecule has 1 aliphatic rings. The molecular formula is C19H26N2O3. The van der Waals surface area contributed by atoms with Gasteiger partial charge in [0.25, 0.3) is 5.91 Å². The molecule has 1 amide bonds. The molecule has 1 aliphatic heterocycles. The first-order chi connectivity index (χ1) is 11.7. The maximum Gasteiger partial charge on any atom is 0.254 e. The molecule has 5 nitrogen and oxygen atoms in total. The van der Waals surface area contributed by atoms with Gasteiger partial charge in [-0.3, -0.25) is 4.79 Å². The number of unbranched alkanes of at least 4 members (excludes halogenated alkanes) is 1. The van der Waals surface area contributed by atoms with E-state index in [4.69, 9.17) is 9.15 Å². The number of oxazole rings is 1. The van der Waals surface area contributed by atoms with Crippen LogP contribution in [-0.2, 0) is 11.2 Å². The number of aromatic nitrogens is 1. The highest BCUT2D eigenvalue weighted by Gasteiger charge is 2.23. The Balaban J connectivity index is 1.75. The minimum atomic E-state index is 0.0352. The van der Waals surface area contributed by atoms with Crippen molar-refractivity contribution in [2.45, 2.75) is 52.1 Å². The number of benzene rings is 1. The average Bonchev–Trinajstić information content (AvgIpc) is 3.25. The second-order valence-electron chi connectivity index (χ2n) is 6.37. The van der Waals surface area contributed by atoms with Gasteiger partial charge in [-0.05, 0) is 44.4 Å². The third-order valence-corrected chi connectivity index (χ3v) is 4.54. The molecule has 24 heavy (non-hydrogen) atoms. The minimum absolute atomic E-state index is 0.0352. The zero-order valence-electron chi connectivity index (χ0n) is 14.6. The summed E-state index contributed by atoms with van der Waals surface area (Å²) in [7, 11) is 0. The van der Waals surface area contributed by atoms with E-state index >= 15 is 0 Å². The van der Waals surface area contributed by atoms with Crippen molar-refractivity contribution in [1.29, 1.82) is 0 Å². The highest BCUT2D eigenvalue weighted by Crippen LogP contribution is 2.20. The van der Waals surface area contributed by atoms with Gasteiger partial charge in [-0.1, -0.05) is 13.3 Å². The van der Waals surface area contributed by atoms with Crippen LogP contribution in [0, 0.1) is 0 Å². The monoisotopic (exact) mass is 330 g/mol. The molecule has 1 aromatic carbocycles. The SMILES string of the molecule is CCCCc1nc2cc(C(=O)N(CC)C[C@H]3CCCO3)ccc2o1. The van der Waals surface area contributed by atoms with Crippen molar-refractivity contribution in [3.8, 4) is 0 Å². The van der Waals surface area contributed by atoms with E-state index in [9.17, 15) is 4.79 Å². The standard InChI is InChI=1S/C19H26N2O3/c1-3-5-8-18-20-16-12-14(9-10-17(16)24-18)19(22)21(4-2)13-15-7-6-11-23-15/h9-10,12,15H,3-8,11,13H2,1-2H3/t15-/m1/s1. The molecule has 0 spiro atoms. The molecule has 2 aromatic rings. The summed E-state index contributed by atoms with van der Waals surface area (Å²) in [5, 5.41) is 0. The molecule has 0 saturated carbocycles. The summed E-state index contributed by atoms with van der Waals surface area (Å²) in [4.78, 5) is 19.2. The first-order valence-electron chi connectivity index (χ1n) is 9.01. The van der Waals surface area contributed by atoms with Gasteiger partial charge in [0.1, 0.15) is 5.52 Å². The van der Waals surface area contributed by atoms with Crippen LogP contribution in [0.15, 0.2) is 22.6 Å². The lowest BCUT2D eigenvalue weighted by molar-refractivity contribution is 0.0539. The average molecular weight is 330 g/mol. The van der Waals surface area contributed by atoms with Crippen molar-refractivity contribution < 1.29 is 13.9 Å². The van der Waals surface area contributed by atoms with Crippen molar-refractivity contribution in [2.24, 2.45) is 0 Å². The van der Waals surface area contributed by atoms with Gasteiger partial charge in [0, 0.05) is 31.7 Å². The molecule has 0 radical (unpaired) electrons. The summed E-state index contributed by atoms with van der Waals surface area (Å²) in [6.07, 6.45) is 5.30. The van der Waals surface area contributed by atoms with Gasteiger partial charge in [0.2, 0.25) is 0 Å². The normalized spacial score (nSPS) is 17.5. The number of aryl methyl sites for hydroxylation is 1. The van der Waals surface area contributed by atoms with E-state index in [1.165, 1.54) is 0 Å². The van der Waals surface area contributed by atoms with Crippen LogP contribution in [0.4, 0.5) is 0 Å². The summed E-state index contributed by atoms with van der Waals surface area (Å²) in [6, 6.07) is 5.53. The van der Waals surface area contributed by atoms with Crippen LogP contribution in [0.5, 0.6) is 0 Å². The van der Waals surface area contributed by atoms with E-state index in [-0.39, 0.29) is 12.0 Å². The van der Waals surface area contributed by atoms with Crippen LogP contribution in [0.2, 0.25) is 0 Å². The van der Waals surface area contributed by atoms with Gasteiger partial charge < -0.3 is 14.1 Å². The number of ether oxygens (including phenoxy) is 1.